The average Bonchev–Trinajstić information content (AvgIpc) is 2.14. The largest absolute Gasteiger partial charge is 0.357 e. The average molecular weight is 221 g/mol. The smallest absolute Gasteiger partial charge is 0.222 e. The molecule has 16 heavy (non-hydrogen) atoms. The van der Waals surface area contributed by atoms with Crippen LogP contribution in [-0.2, 0) is 11.8 Å². The van der Waals surface area contributed by atoms with Crippen molar-refractivity contribution >= 4 is 5.95 Å². The summed E-state index contributed by atoms with van der Waals surface area (Å²) in [5.41, 5.74) is 2.29. The first-order valence-electron chi connectivity index (χ1n) is 5.89. The lowest BCUT2D eigenvalue weighted by Gasteiger charge is -2.19. The number of nitrogens with zero attached hydrogens (tertiary/aromatic N) is 2. The van der Waals surface area contributed by atoms with E-state index < -0.39 is 0 Å². The first kappa shape index (κ1) is 12.9. The van der Waals surface area contributed by atoms with E-state index >= 15 is 0 Å². The van der Waals surface area contributed by atoms with Gasteiger partial charge in [-0.2, -0.15) is 0 Å². The molecule has 0 spiro atoms. The third-order valence-corrected chi connectivity index (χ3v) is 2.39. The van der Waals surface area contributed by atoms with Crippen molar-refractivity contribution < 1.29 is 0 Å². The predicted octanol–water partition coefficient (Wildman–Crippen LogP) is 3.01. The van der Waals surface area contributed by atoms with Crippen molar-refractivity contribution in [3.8, 4) is 0 Å². The molecule has 0 saturated heterocycles. The molecule has 0 unspecified atom stereocenters. The zero-order valence-corrected chi connectivity index (χ0v) is 11.3. The van der Waals surface area contributed by atoms with Crippen LogP contribution in [0.4, 0.5) is 5.95 Å². The first-order chi connectivity index (χ1) is 7.32. The zero-order chi connectivity index (χ0) is 12.3. The van der Waals surface area contributed by atoms with Gasteiger partial charge < -0.3 is 5.32 Å². The Bertz CT molecular complexity index is 351. The molecule has 1 N–H and O–H groups in total. The Hall–Kier alpha value is -1.12. The molecular formula is C13H23N3. The summed E-state index contributed by atoms with van der Waals surface area (Å²) in [4.78, 5) is 8.99. The fourth-order valence-corrected chi connectivity index (χ4v) is 1.52. The van der Waals surface area contributed by atoms with Gasteiger partial charge in [-0.15, -0.1) is 0 Å². The SMILES string of the molecule is CNc1nc(CC(C)C)cc(C(C)(C)C)n1. The fourth-order valence-electron chi connectivity index (χ4n) is 1.52. The highest BCUT2D eigenvalue weighted by Gasteiger charge is 2.17. The van der Waals surface area contributed by atoms with E-state index in [-0.39, 0.29) is 5.41 Å². The van der Waals surface area contributed by atoms with E-state index in [1.54, 1.807) is 0 Å². The van der Waals surface area contributed by atoms with Gasteiger partial charge in [-0.1, -0.05) is 34.6 Å². The summed E-state index contributed by atoms with van der Waals surface area (Å²) in [6.45, 7) is 10.9. The highest BCUT2D eigenvalue weighted by Crippen LogP contribution is 2.22. The minimum Gasteiger partial charge on any atom is -0.357 e. The van der Waals surface area contributed by atoms with Gasteiger partial charge in [0.25, 0.3) is 0 Å². The van der Waals surface area contributed by atoms with Crippen molar-refractivity contribution in [1.29, 1.82) is 0 Å². The molecule has 3 heteroatoms. The van der Waals surface area contributed by atoms with Gasteiger partial charge in [0.1, 0.15) is 0 Å². The summed E-state index contributed by atoms with van der Waals surface area (Å²) in [7, 11) is 1.86. The molecular weight excluding hydrogens is 198 g/mol. The monoisotopic (exact) mass is 221 g/mol. The lowest BCUT2D eigenvalue weighted by Crippen LogP contribution is -2.16. The van der Waals surface area contributed by atoms with E-state index in [2.05, 4.69) is 56.0 Å². The van der Waals surface area contributed by atoms with Crippen molar-refractivity contribution in [3.05, 3.63) is 17.5 Å². The lowest BCUT2D eigenvalue weighted by molar-refractivity contribution is 0.561. The minimum atomic E-state index is 0.0697. The molecule has 0 amide bonds. The molecule has 0 aromatic carbocycles. The summed E-state index contributed by atoms with van der Waals surface area (Å²) < 4.78 is 0. The van der Waals surface area contributed by atoms with Crippen LogP contribution in [0.15, 0.2) is 6.07 Å². The molecule has 0 aliphatic carbocycles. The Kier molecular flexibility index (Phi) is 3.89. The highest BCUT2D eigenvalue weighted by atomic mass is 15.1. The Balaban J connectivity index is 3.11. The molecule has 90 valence electrons. The van der Waals surface area contributed by atoms with Gasteiger partial charge in [-0.25, -0.2) is 9.97 Å². The normalized spacial score (nSPS) is 11.9. The summed E-state index contributed by atoms with van der Waals surface area (Å²) >= 11 is 0. The van der Waals surface area contributed by atoms with Crippen LogP contribution in [-0.4, -0.2) is 17.0 Å². The molecule has 0 fully saturated rings. The van der Waals surface area contributed by atoms with E-state index in [4.69, 9.17) is 0 Å². The lowest BCUT2D eigenvalue weighted by atomic mass is 9.91. The summed E-state index contributed by atoms with van der Waals surface area (Å²) in [6, 6.07) is 2.13. The summed E-state index contributed by atoms with van der Waals surface area (Å²) in [5, 5.41) is 3.03. The number of nitrogens with one attached hydrogen (secondary N) is 1. The summed E-state index contributed by atoms with van der Waals surface area (Å²) in [5.74, 6) is 1.34. The Labute approximate surface area is 98.7 Å². The molecule has 1 rings (SSSR count). The maximum atomic E-state index is 4.51. The van der Waals surface area contributed by atoms with Crippen LogP contribution in [0.3, 0.4) is 0 Å². The molecule has 0 saturated carbocycles. The standard InChI is InChI=1S/C13H23N3/c1-9(2)7-10-8-11(13(3,4)5)16-12(14-6)15-10/h8-9H,7H2,1-6H3,(H,14,15,16). The number of anilines is 1. The zero-order valence-electron chi connectivity index (χ0n) is 11.3. The third-order valence-electron chi connectivity index (χ3n) is 2.39. The van der Waals surface area contributed by atoms with Crippen molar-refractivity contribution in [3.63, 3.8) is 0 Å². The van der Waals surface area contributed by atoms with Gasteiger partial charge >= 0.3 is 0 Å². The topological polar surface area (TPSA) is 37.8 Å². The molecule has 1 aromatic heterocycles. The van der Waals surface area contributed by atoms with Gasteiger partial charge in [-0.05, 0) is 18.4 Å². The molecule has 1 aromatic rings. The van der Waals surface area contributed by atoms with Crippen molar-refractivity contribution in [2.45, 2.75) is 46.5 Å². The minimum absolute atomic E-state index is 0.0697. The van der Waals surface area contributed by atoms with E-state index in [0.717, 1.165) is 23.8 Å². The molecule has 0 radical (unpaired) electrons. The molecule has 0 aliphatic rings. The highest BCUT2D eigenvalue weighted by molar-refractivity contribution is 5.30. The summed E-state index contributed by atoms with van der Waals surface area (Å²) in [6.07, 6.45) is 1.00. The Morgan fingerprint density at radius 1 is 1.25 bits per heavy atom. The number of hydrogen-bond acceptors (Lipinski definition) is 3. The molecule has 1 heterocycles. The number of aromatic nitrogens is 2. The predicted molar refractivity (Wildman–Crippen MR) is 68.8 cm³/mol. The van der Waals surface area contributed by atoms with Gasteiger partial charge in [0.15, 0.2) is 0 Å². The van der Waals surface area contributed by atoms with Crippen LogP contribution < -0.4 is 5.32 Å². The third kappa shape index (κ3) is 3.47. The second-order valence-corrected chi connectivity index (χ2v) is 5.67. The first-order valence-corrected chi connectivity index (χ1v) is 5.89. The van der Waals surface area contributed by atoms with Crippen molar-refractivity contribution in [2.75, 3.05) is 12.4 Å². The van der Waals surface area contributed by atoms with Crippen molar-refractivity contribution in [2.24, 2.45) is 5.92 Å². The van der Waals surface area contributed by atoms with E-state index in [1.807, 2.05) is 7.05 Å². The van der Waals surface area contributed by atoms with Crippen molar-refractivity contribution in [1.82, 2.24) is 9.97 Å². The van der Waals surface area contributed by atoms with E-state index in [0.29, 0.717) is 5.92 Å². The van der Waals surface area contributed by atoms with Gasteiger partial charge in [-0.3, -0.25) is 0 Å². The van der Waals surface area contributed by atoms with Crippen LogP contribution in [0.1, 0.15) is 46.0 Å². The van der Waals surface area contributed by atoms with Crippen LogP contribution in [0.5, 0.6) is 0 Å². The van der Waals surface area contributed by atoms with E-state index in [9.17, 15) is 0 Å². The van der Waals surface area contributed by atoms with E-state index in [1.165, 1.54) is 0 Å². The van der Waals surface area contributed by atoms with Gasteiger partial charge in [0, 0.05) is 18.2 Å². The Morgan fingerprint density at radius 3 is 2.31 bits per heavy atom. The van der Waals surface area contributed by atoms with Gasteiger partial charge in [0.05, 0.1) is 5.69 Å². The maximum Gasteiger partial charge on any atom is 0.222 e. The quantitative estimate of drug-likeness (QED) is 0.852. The second kappa shape index (κ2) is 4.81. The van der Waals surface area contributed by atoms with Crippen LogP contribution in [0.25, 0.3) is 0 Å². The molecule has 0 atom stereocenters. The second-order valence-electron chi connectivity index (χ2n) is 5.67. The molecule has 0 aliphatic heterocycles. The van der Waals surface area contributed by atoms with Gasteiger partial charge in [0.2, 0.25) is 5.95 Å². The molecule has 0 bridgehead atoms. The fraction of sp³-hybridized carbons (Fsp3) is 0.692. The number of rotatable bonds is 3. The van der Waals surface area contributed by atoms with Crippen LogP contribution >= 0.6 is 0 Å². The maximum absolute atomic E-state index is 4.51. The molecule has 3 nitrogen and oxygen atoms in total. The number of hydrogen-bond donors (Lipinski definition) is 1. The van der Waals surface area contributed by atoms with Crippen LogP contribution in [0.2, 0.25) is 0 Å². The Morgan fingerprint density at radius 2 is 1.88 bits per heavy atom. The van der Waals surface area contributed by atoms with Crippen LogP contribution in [0, 0.1) is 5.92 Å².